The molecule has 6 nitrogen and oxygen atoms in total. The van der Waals surface area contributed by atoms with Crippen LogP contribution >= 0.6 is 23.4 Å². The van der Waals surface area contributed by atoms with E-state index in [9.17, 15) is 9.59 Å². The molecular formula is C18H20ClN3O3S. The van der Waals surface area contributed by atoms with E-state index in [1.54, 1.807) is 28.8 Å². The summed E-state index contributed by atoms with van der Waals surface area (Å²) in [5.41, 5.74) is 0.385. The van der Waals surface area contributed by atoms with Crippen molar-refractivity contribution in [2.24, 2.45) is 0 Å². The molecule has 0 saturated carbocycles. The first-order valence-corrected chi connectivity index (χ1v) is 9.77. The van der Waals surface area contributed by atoms with Crippen LogP contribution in [0.15, 0.2) is 40.8 Å². The number of aromatic nitrogens is 2. The monoisotopic (exact) mass is 393 g/mol. The number of nitrogens with zero attached hydrogens (tertiary/aromatic N) is 2. The van der Waals surface area contributed by atoms with Crippen LogP contribution in [0.1, 0.15) is 12.8 Å². The van der Waals surface area contributed by atoms with Crippen LogP contribution in [-0.2, 0) is 16.1 Å². The Kier molecular flexibility index (Phi) is 6.34. The number of thioether (sulfide) groups is 1. The number of ether oxygens (including phenoxy) is 1. The summed E-state index contributed by atoms with van der Waals surface area (Å²) in [5.74, 6) is 0.0248. The first-order valence-electron chi connectivity index (χ1n) is 8.40. The average molecular weight is 394 g/mol. The topological polar surface area (TPSA) is 73.2 Å². The number of nitrogens with one attached hydrogen (secondary N) is 1. The third-order valence-electron chi connectivity index (χ3n) is 4.07. The van der Waals surface area contributed by atoms with Crippen molar-refractivity contribution in [3.8, 4) is 0 Å². The zero-order valence-electron chi connectivity index (χ0n) is 14.2. The van der Waals surface area contributed by atoms with E-state index < -0.39 is 0 Å². The third-order valence-corrected chi connectivity index (χ3v) is 5.28. The summed E-state index contributed by atoms with van der Waals surface area (Å²) in [6.45, 7) is 5.12. The molecule has 0 bridgehead atoms. The van der Waals surface area contributed by atoms with E-state index in [2.05, 4.69) is 16.9 Å². The van der Waals surface area contributed by atoms with Gasteiger partial charge in [-0.2, -0.15) is 0 Å². The highest BCUT2D eigenvalue weighted by molar-refractivity contribution is 7.99. The number of fused-ring (bicyclic) bond motifs is 1. The van der Waals surface area contributed by atoms with Gasteiger partial charge >= 0.3 is 0 Å². The Balaban J connectivity index is 1.92. The average Bonchev–Trinajstić information content (AvgIpc) is 3.13. The molecule has 1 aromatic carbocycles. The van der Waals surface area contributed by atoms with Gasteiger partial charge in [-0.25, -0.2) is 4.98 Å². The highest BCUT2D eigenvalue weighted by atomic mass is 35.5. The van der Waals surface area contributed by atoms with Crippen molar-refractivity contribution in [2.45, 2.75) is 30.6 Å². The van der Waals surface area contributed by atoms with Gasteiger partial charge in [0.05, 0.1) is 29.3 Å². The molecule has 0 radical (unpaired) electrons. The van der Waals surface area contributed by atoms with Crippen molar-refractivity contribution in [1.29, 1.82) is 0 Å². The van der Waals surface area contributed by atoms with Crippen molar-refractivity contribution >= 4 is 40.2 Å². The van der Waals surface area contributed by atoms with Gasteiger partial charge in [-0.3, -0.25) is 14.2 Å². The Labute approximate surface area is 160 Å². The van der Waals surface area contributed by atoms with Crippen molar-refractivity contribution < 1.29 is 9.53 Å². The largest absolute Gasteiger partial charge is 0.376 e. The van der Waals surface area contributed by atoms with Crippen LogP contribution in [-0.4, -0.2) is 40.5 Å². The highest BCUT2D eigenvalue weighted by Gasteiger charge is 2.20. The van der Waals surface area contributed by atoms with Crippen LogP contribution in [0.5, 0.6) is 0 Å². The van der Waals surface area contributed by atoms with Gasteiger partial charge in [0.15, 0.2) is 5.16 Å². The van der Waals surface area contributed by atoms with E-state index in [1.165, 1.54) is 11.8 Å². The summed E-state index contributed by atoms with van der Waals surface area (Å²) in [4.78, 5) is 29.4. The number of carbonyl (C=O) groups excluding carboxylic acids is 1. The number of hydrogen-bond acceptors (Lipinski definition) is 5. The van der Waals surface area contributed by atoms with E-state index >= 15 is 0 Å². The van der Waals surface area contributed by atoms with Crippen LogP contribution < -0.4 is 10.9 Å². The van der Waals surface area contributed by atoms with E-state index in [4.69, 9.17) is 16.3 Å². The molecule has 0 spiro atoms. The Morgan fingerprint density at radius 3 is 3.12 bits per heavy atom. The molecular weight excluding hydrogens is 374 g/mol. The van der Waals surface area contributed by atoms with Crippen LogP contribution in [0.25, 0.3) is 10.9 Å². The minimum absolute atomic E-state index is 0.00630. The number of rotatable bonds is 7. The molecule has 138 valence electrons. The number of halogens is 1. The van der Waals surface area contributed by atoms with E-state index in [0.29, 0.717) is 40.8 Å². The van der Waals surface area contributed by atoms with Crippen molar-refractivity contribution in [3.63, 3.8) is 0 Å². The molecule has 1 fully saturated rings. The third kappa shape index (κ3) is 4.47. The van der Waals surface area contributed by atoms with Crippen molar-refractivity contribution in [1.82, 2.24) is 14.9 Å². The normalized spacial score (nSPS) is 16.7. The zero-order chi connectivity index (χ0) is 18.5. The van der Waals surface area contributed by atoms with Crippen LogP contribution in [0, 0.1) is 0 Å². The minimum Gasteiger partial charge on any atom is -0.376 e. The van der Waals surface area contributed by atoms with Crippen molar-refractivity contribution in [3.05, 3.63) is 46.2 Å². The second-order valence-electron chi connectivity index (χ2n) is 5.99. The molecule has 1 saturated heterocycles. The molecule has 1 unspecified atom stereocenters. The molecule has 1 N–H and O–H groups in total. The van der Waals surface area contributed by atoms with E-state index in [1.807, 2.05) is 0 Å². The summed E-state index contributed by atoms with van der Waals surface area (Å²) < 4.78 is 7.28. The molecule has 2 aromatic rings. The molecule has 8 heteroatoms. The molecule has 1 aliphatic rings. The lowest BCUT2D eigenvalue weighted by Crippen LogP contribution is -2.30. The maximum Gasteiger partial charge on any atom is 0.262 e. The van der Waals surface area contributed by atoms with Gasteiger partial charge in [0, 0.05) is 18.2 Å². The second-order valence-corrected chi connectivity index (χ2v) is 7.37. The maximum atomic E-state index is 13.0. The Bertz CT molecular complexity index is 878. The summed E-state index contributed by atoms with van der Waals surface area (Å²) in [7, 11) is 0. The number of hydrogen-bond donors (Lipinski definition) is 1. The molecule has 1 aliphatic heterocycles. The molecule has 1 amide bonds. The fourth-order valence-corrected chi connectivity index (χ4v) is 3.81. The Morgan fingerprint density at radius 1 is 1.54 bits per heavy atom. The fourth-order valence-electron chi connectivity index (χ4n) is 2.80. The molecule has 26 heavy (non-hydrogen) atoms. The number of amides is 1. The zero-order valence-corrected chi connectivity index (χ0v) is 15.8. The van der Waals surface area contributed by atoms with Gasteiger partial charge in [-0.05, 0) is 31.0 Å². The summed E-state index contributed by atoms with van der Waals surface area (Å²) in [6.07, 6.45) is 3.51. The highest BCUT2D eigenvalue weighted by Crippen LogP contribution is 2.22. The smallest absolute Gasteiger partial charge is 0.262 e. The number of carbonyl (C=O) groups is 1. The molecule has 1 atom stereocenters. The number of benzene rings is 1. The summed E-state index contributed by atoms with van der Waals surface area (Å²) >= 11 is 7.27. The van der Waals surface area contributed by atoms with Gasteiger partial charge in [0.25, 0.3) is 5.56 Å². The Morgan fingerprint density at radius 2 is 2.38 bits per heavy atom. The molecule has 0 aliphatic carbocycles. The van der Waals surface area contributed by atoms with Crippen LogP contribution in [0.3, 0.4) is 0 Å². The van der Waals surface area contributed by atoms with Gasteiger partial charge in [0.2, 0.25) is 5.91 Å². The lowest BCUT2D eigenvalue weighted by molar-refractivity contribution is -0.118. The summed E-state index contributed by atoms with van der Waals surface area (Å²) in [5, 5.41) is 4.23. The van der Waals surface area contributed by atoms with Gasteiger partial charge in [0.1, 0.15) is 0 Å². The molecule has 3 rings (SSSR count). The predicted octanol–water partition coefficient (Wildman–Crippen LogP) is 2.62. The molecule has 2 heterocycles. The van der Waals surface area contributed by atoms with E-state index in [0.717, 1.165) is 12.8 Å². The van der Waals surface area contributed by atoms with E-state index in [-0.39, 0.29) is 23.3 Å². The predicted molar refractivity (Wildman–Crippen MR) is 104 cm³/mol. The lowest BCUT2D eigenvalue weighted by Gasteiger charge is -2.16. The quantitative estimate of drug-likeness (QED) is 0.444. The van der Waals surface area contributed by atoms with Crippen LogP contribution in [0.2, 0.25) is 5.02 Å². The van der Waals surface area contributed by atoms with Gasteiger partial charge in [-0.15, -0.1) is 6.58 Å². The van der Waals surface area contributed by atoms with Gasteiger partial charge in [-0.1, -0.05) is 29.4 Å². The Hall–Kier alpha value is -1.83. The second kappa shape index (κ2) is 8.70. The van der Waals surface area contributed by atoms with Crippen molar-refractivity contribution in [2.75, 3.05) is 18.9 Å². The lowest BCUT2D eigenvalue weighted by atomic mass is 10.2. The fraction of sp³-hybridized carbons (Fsp3) is 0.389. The van der Waals surface area contributed by atoms with Gasteiger partial charge < -0.3 is 10.1 Å². The first-order chi connectivity index (χ1) is 12.6. The maximum absolute atomic E-state index is 13.0. The SMILES string of the molecule is C=CCNC(=O)CSc1nc2cc(Cl)ccc2c(=O)n1CC1CCCO1. The first kappa shape index (κ1) is 18.9. The van der Waals surface area contributed by atoms with Crippen LogP contribution in [0.4, 0.5) is 0 Å². The molecule has 1 aromatic heterocycles. The minimum atomic E-state index is -0.142. The summed E-state index contributed by atoms with van der Waals surface area (Å²) in [6, 6.07) is 5.03. The standard InChI is InChI=1S/C18H20ClN3O3S/c1-2-7-20-16(23)11-26-18-21-15-9-12(19)5-6-14(15)17(24)22(18)10-13-4-3-8-25-13/h2,5-6,9,13H,1,3-4,7-8,10-11H2,(H,20,23).